The van der Waals surface area contributed by atoms with Crippen LogP contribution in [0.2, 0.25) is 0 Å². The van der Waals surface area contributed by atoms with Gasteiger partial charge < -0.3 is 10.2 Å². The van der Waals surface area contributed by atoms with E-state index in [-0.39, 0.29) is 18.1 Å². The Morgan fingerprint density at radius 2 is 1.92 bits per heavy atom. The zero-order valence-electron chi connectivity index (χ0n) is 13.9. The minimum Gasteiger partial charge on any atom is -0.334 e. The number of hydrogen-bond acceptors (Lipinski definition) is 4. The van der Waals surface area contributed by atoms with Gasteiger partial charge in [0.2, 0.25) is 10.0 Å². The van der Waals surface area contributed by atoms with Crippen LogP contribution in [0.25, 0.3) is 0 Å². The molecule has 0 aliphatic carbocycles. The SMILES string of the molecule is CS(=O)(=O)N1CCCC(NC(=O)N2CCCC2c2ccncc2)C1. The highest BCUT2D eigenvalue weighted by Gasteiger charge is 2.33. The standard InChI is InChI=1S/C16H24N4O3S/c1-24(22,23)19-10-2-4-14(12-19)18-16(21)20-11-3-5-15(20)13-6-8-17-9-7-13/h6-9,14-15H,2-5,10-12H2,1H3,(H,18,21). The first-order valence-corrected chi connectivity index (χ1v) is 10.2. The fourth-order valence-electron chi connectivity index (χ4n) is 3.56. The van der Waals surface area contributed by atoms with Gasteiger partial charge >= 0.3 is 6.03 Å². The van der Waals surface area contributed by atoms with Gasteiger partial charge in [-0.1, -0.05) is 0 Å². The van der Waals surface area contributed by atoms with E-state index >= 15 is 0 Å². The summed E-state index contributed by atoms with van der Waals surface area (Å²) in [5, 5.41) is 3.03. The van der Waals surface area contributed by atoms with Gasteiger partial charge in [-0.2, -0.15) is 0 Å². The summed E-state index contributed by atoms with van der Waals surface area (Å²) in [6.45, 7) is 1.62. The zero-order chi connectivity index (χ0) is 17.2. The smallest absolute Gasteiger partial charge is 0.318 e. The fraction of sp³-hybridized carbons (Fsp3) is 0.625. The van der Waals surface area contributed by atoms with E-state index in [2.05, 4.69) is 10.3 Å². The maximum atomic E-state index is 12.7. The van der Waals surface area contributed by atoms with Crippen LogP contribution < -0.4 is 5.32 Å². The summed E-state index contributed by atoms with van der Waals surface area (Å²) in [6.07, 6.45) is 8.20. The Kier molecular flexibility index (Phi) is 5.05. The highest BCUT2D eigenvalue weighted by Crippen LogP contribution is 2.31. The molecule has 2 unspecified atom stereocenters. The number of rotatable bonds is 3. The van der Waals surface area contributed by atoms with Crippen LogP contribution in [0, 0.1) is 0 Å². The molecule has 1 aromatic rings. The van der Waals surface area contributed by atoms with Crippen molar-refractivity contribution in [2.75, 3.05) is 25.9 Å². The molecule has 3 heterocycles. The second-order valence-corrected chi connectivity index (χ2v) is 8.52. The van der Waals surface area contributed by atoms with Gasteiger partial charge in [-0.25, -0.2) is 17.5 Å². The second-order valence-electron chi connectivity index (χ2n) is 6.54. The van der Waals surface area contributed by atoms with E-state index in [0.29, 0.717) is 13.1 Å². The molecule has 0 radical (unpaired) electrons. The zero-order valence-corrected chi connectivity index (χ0v) is 14.7. The third-order valence-electron chi connectivity index (χ3n) is 4.79. The lowest BCUT2D eigenvalue weighted by Crippen LogP contribution is -2.52. The van der Waals surface area contributed by atoms with Crippen LogP contribution in [0.1, 0.15) is 37.3 Å². The number of piperidine rings is 1. The minimum absolute atomic E-state index is 0.0719. The van der Waals surface area contributed by atoms with Crippen molar-refractivity contribution in [1.82, 2.24) is 19.5 Å². The van der Waals surface area contributed by atoms with Crippen molar-refractivity contribution in [2.24, 2.45) is 0 Å². The van der Waals surface area contributed by atoms with Gasteiger partial charge in [0.1, 0.15) is 0 Å². The van der Waals surface area contributed by atoms with E-state index < -0.39 is 10.0 Å². The first-order valence-electron chi connectivity index (χ1n) is 8.37. The van der Waals surface area contributed by atoms with Crippen LogP contribution in [0.5, 0.6) is 0 Å². The molecule has 1 N–H and O–H groups in total. The van der Waals surface area contributed by atoms with E-state index in [9.17, 15) is 13.2 Å². The number of sulfonamides is 1. The Hall–Kier alpha value is -1.67. The van der Waals surface area contributed by atoms with Crippen molar-refractivity contribution in [2.45, 2.75) is 37.8 Å². The molecular formula is C16H24N4O3S. The molecule has 0 spiro atoms. The number of urea groups is 1. The first kappa shape index (κ1) is 17.2. The molecule has 2 amide bonds. The molecule has 7 nitrogen and oxygen atoms in total. The minimum atomic E-state index is -3.21. The summed E-state index contributed by atoms with van der Waals surface area (Å²) >= 11 is 0. The molecular weight excluding hydrogens is 328 g/mol. The van der Waals surface area contributed by atoms with Gasteiger partial charge in [0.25, 0.3) is 0 Å². The lowest BCUT2D eigenvalue weighted by molar-refractivity contribution is 0.181. The van der Waals surface area contributed by atoms with E-state index in [1.165, 1.54) is 10.6 Å². The van der Waals surface area contributed by atoms with Crippen LogP contribution in [0.15, 0.2) is 24.5 Å². The summed E-state index contributed by atoms with van der Waals surface area (Å²) in [6, 6.07) is 3.74. The molecule has 2 aliphatic heterocycles. The Labute approximate surface area is 143 Å². The summed E-state index contributed by atoms with van der Waals surface area (Å²) < 4.78 is 24.9. The number of carbonyl (C=O) groups excluding carboxylic acids is 1. The molecule has 0 saturated carbocycles. The first-order chi connectivity index (χ1) is 11.4. The molecule has 2 aliphatic rings. The number of aromatic nitrogens is 1. The highest BCUT2D eigenvalue weighted by atomic mass is 32.2. The average molecular weight is 352 g/mol. The Morgan fingerprint density at radius 1 is 1.21 bits per heavy atom. The average Bonchev–Trinajstić information content (AvgIpc) is 3.05. The number of pyridine rings is 1. The molecule has 0 bridgehead atoms. The topological polar surface area (TPSA) is 82.6 Å². The van der Waals surface area contributed by atoms with Crippen LogP contribution in [0.3, 0.4) is 0 Å². The van der Waals surface area contributed by atoms with Crippen LogP contribution >= 0.6 is 0 Å². The number of nitrogens with one attached hydrogen (secondary N) is 1. The van der Waals surface area contributed by atoms with Crippen molar-refractivity contribution in [3.05, 3.63) is 30.1 Å². The van der Waals surface area contributed by atoms with Crippen LogP contribution in [0.4, 0.5) is 4.79 Å². The van der Waals surface area contributed by atoms with Gasteiger partial charge in [-0.15, -0.1) is 0 Å². The molecule has 2 atom stereocenters. The number of carbonyl (C=O) groups is 1. The molecule has 2 fully saturated rings. The summed E-state index contributed by atoms with van der Waals surface area (Å²) in [7, 11) is -3.21. The van der Waals surface area contributed by atoms with Crippen molar-refractivity contribution in [1.29, 1.82) is 0 Å². The molecule has 132 valence electrons. The van der Waals surface area contributed by atoms with E-state index in [0.717, 1.165) is 37.8 Å². The number of amides is 2. The van der Waals surface area contributed by atoms with Gasteiger partial charge in [-0.3, -0.25) is 4.98 Å². The number of nitrogens with zero attached hydrogens (tertiary/aromatic N) is 3. The summed E-state index contributed by atoms with van der Waals surface area (Å²) in [5.41, 5.74) is 1.10. The predicted molar refractivity (Wildman–Crippen MR) is 90.9 cm³/mol. The van der Waals surface area contributed by atoms with Crippen LogP contribution in [-0.4, -0.2) is 60.6 Å². The Balaban J connectivity index is 1.64. The molecule has 2 saturated heterocycles. The molecule has 8 heteroatoms. The highest BCUT2D eigenvalue weighted by molar-refractivity contribution is 7.88. The second kappa shape index (κ2) is 7.06. The van der Waals surface area contributed by atoms with Gasteiger partial charge in [0.05, 0.1) is 12.3 Å². The third-order valence-corrected chi connectivity index (χ3v) is 6.05. The summed E-state index contributed by atoms with van der Waals surface area (Å²) in [5.74, 6) is 0. The molecule has 1 aromatic heterocycles. The van der Waals surface area contributed by atoms with Crippen molar-refractivity contribution < 1.29 is 13.2 Å². The molecule has 24 heavy (non-hydrogen) atoms. The van der Waals surface area contributed by atoms with Crippen molar-refractivity contribution in [3.8, 4) is 0 Å². The van der Waals surface area contributed by atoms with E-state index in [1.807, 2.05) is 17.0 Å². The largest absolute Gasteiger partial charge is 0.334 e. The molecule has 0 aromatic carbocycles. The van der Waals surface area contributed by atoms with Crippen LogP contribution in [-0.2, 0) is 10.0 Å². The number of hydrogen-bond donors (Lipinski definition) is 1. The maximum absolute atomic E-state index is 12.7. The third kappa shape index (κ3) is 3.87. The lowest BCUT2D eigenvalue weighted by atomic mass is 10.1. The van der Waals surface area contributed by atoms with Crippen molar-refractivity contribution in [3.63, 3.8) is 0 Å². The van der Waals surface area contributed by atoms with E-state index in [1.54, 1.807) is 12.4 Å². The molecule has 3 rings (SSSR count). The fourth-order valence-corrected chi connectivity index (χ4v) is 4.47. The normalized spacial score (nSPS) is 25.6. The predicted octanol–water partition coefficient (Wildman–Crippen LogP) is 1.35. The quantitative estimate of drug-likeness (QED) is 0.890. The number of likely N-dealkylation sites (tertiary alicyclic amines) is 1. The maximum Gasteiger partial charge on any atom is 0.318 e. The van der Waals surface area contributed by atoms with Gasteiger partial charge in [-0.05, 0) is 43.4 Å². The van der Waals surface area contributed by atoms with Crippen molar-refractivity contribution >= 4 is 16.1 Å². The van der Waals surface area contributed by atoms with E-state index in [4.69, 9.17) is 0 Å². The van der Waals surface area contributed by atoms with Gasteiger partial charge in [0, 0.05) is 38.1 Å². The Morgan fingerprint density at radius 3 is 2.62 bits per heavy atom. The lowest BCUT2D eigenvalue weighted by Gasteiger charge is -2.33. The monoisotopic (exact) mass is 352 g/mol. The summed E-state index contributed by atoms with van der Waals surface area (Å²) in [4.78, 5) is 18.6. The Bertz CT molecular complexity index is 680. The van der Waals surface area contributed by atoms with Gasteiger partial charge in [0.15, 0.2) is 0 Å².